The fraction of sp³-hybridized carbons (Fsp3) is 0.571. The number of aromatic nitrogens is 2. The molecule has 2 aromatic heterocycles. The molecule has 0 aliphatic rings. The number of nitrogens with zero attached hydrogens (tertiary/aromatic N) is 2. The lowest BCUT2D eigenvalue weighted by Gasteiger charge is -2.22. The molecule has 2 heterocycles. The topological polar surface area (TPSA) is 96.1 Å². The molecule has 1 unspecified atom stereocenters. The Balaban J connectivity index is 2.17. The van der Waals surface area contributed by atoms with Crippen molar-refractivity contribution in [2.75, 3.05) is 17.3 Å². The van der Waals surface area contributed by atoms with Crippen LogP contribution in [0.4, 0.5) is 11.8 Å². The van der Waals surface area contributed by atoms with Crippen LogP contribution in [0.2, 0.25) is 0 Å². The second kappa shape index (κ2) is 6.13. The molecule has 0 aliphatic carbocycles. The van der Waals surface area contributed by atoms with E-state index in [1.807, 2.05) is 13.0 Å². The van der Waals surface area contributed by atoms with Crippen LogP contribution in [0.1, 0.15) is 32.1 Å². The van der Waals surface area contributed by atoms with Crippen LogP contribution in [0, 0.1) is 12.3 Å². The number of fused-ring (bicyclic) bond motifs is 1. The number of hydrogen-bond donors (Lipinski definition) is 4. The molecule has 5 N–H and O–H groups in total. The molecule has 116 valence electrons. The van der Waals surface area contributed by atoms with E-state index in [1.165, 1.54) is 0 Å². The van der Waals surface area contributed by atoms with E-state index in [0.717, 1.165) is 21.5 Å². The third-order valence-corrected chi connectivity index (χ3v) is 3.94. The van der Waals surface area contributed by atoms with Crippen molar-refractivity contribution in [3.8, 4) is 0 Å². The molecule has 6 nitrogen and oxygen atoms in total. The fourth-order valence-corrected chi connectivity index (χ4v) is 3.11. The van der Waals surface area contributed by atoms with Crippen molar-refractivity contribution >= 4 is 33.3 Å². The number of hydrogen-bond acceptors (Lipinski definition) is 7. The van der Waals surface area contributed by atoms with Crippen molar-refractivity contribution < 1.29 is 5.11 Å². The summed E-state index contributed by atoms with van der Waals surface area (Å²) < 4.78 is 0. The Morgan fingerprint density at radius 2 is 2.10 bits per heavy atom. The highest BCUT2D eigenvalue weighted by Crippen LogP contribution is 2.29. The van der Waals surface area contributed by atoms with Gasteiger partial charge in [0.15, 0.2) is 0 Å². The maximum atomic E-state index is 10.1. The van der Waals surface area contributed by atoms with Crippen molar-refractivity contribution in [3.05, 3.63) is 10.9 Å². The Hall–Kier alpha value is -1.44. The summed E-state index contributed by atoms with van der Waals surface area (Å²) in [6.07, 6.45) is 0.294. The number of aliphatic hydroxyl groups excluding tert-OH is 1. The van der Waals surface area contributed by atoms with Crippen LogP contribution in [0.5, 0.6) is 0 Å². The summed E-state index contributed by atoms with van der Waals surface area (Å²) in [5, 5.41) is 14.3. The van der Waals surface area contributed by atoms with Crippen molar-refractivity contribution in [2.45, 2.75) is 40.2 Å². The Morgan fingerprint density at radius 1 is 1.38 bits per heavy atom. The summed E-state index contributed by atoms with van der Waals surface area (Å²) in [7, 11) is 0. The van der Waals surface area contributed by atoms with Crippen molar-refractivity contribution in [3.63, 3.8) is 0 Å². The van der Waals surface area contributed by atoms with E-state index in [2.05, 4.69) is 41.5 Å². The third kappa shape index (κ3) is 4.26. The van der Waals surface area contributed by atoms with Gasteiger partial charge in [-0.3, -0.25) is 5.43 Å². The molecule has 0 radical (unpaired) electrons. The van der Waals surface area contributed by atoms with Crippen LogP contribution < -0.4 is 16.6 Å². The van der Waals surface area contributed by atoms with E-state index in [9.17, 15) is 5.11 Å². The molecule has 0 fully saturated rings. The second-order valence-electron chi connectivity index (χ2n) is 6.42. The van der Waals surface area contributed by atoms with Gasteiger partial charge in [0, 0.05) is 11.4 Å². The summed E-state index contributed by atoms with van der Waals surface area (Å²) in [6.45, 7) is 8.80. The molecule has 0 bridgehead atoms. The smallest absolute Gasteiger partial charge is 0.240 e. The van der Waals surface area contributed by atoms with Gasteiger partial charge in [-0.15, -0.1) is 11.3 Å². The summed E-state index contributed by atoms with van der Waals surface area (Å²) in [5.41, 5.74) is 2.56. The van der Waals surface area contributed by atoms with Gasteiger partial charge in [0.25, 0.3) is 0 Å². The van der Waals surface area contributed by atoms with Crippen LogP contribution in [-0.4, -0.2) is 27.7 Å². The average Bonchev–Trinajstić information content (AvgIpc) is 2.73. The highest BCUT2D eigenvalue weighted by Gasteiger charge is 2.17. The van der Waals surface area contributed by atoms with Gasteiger partial charge in [-0.2, -0.15) is 4.98 Å². The number of hydrazine groups is 1. The predicted molar refractivity (Wildman–Crippen MR) is 88.5 cm³/mol. The molecule has 0 spiro atoms. The van der Waals surface area contributed by atoms with Gasteiger partial charge in [-0.25, -0.2) is 10.8 Å². The molecule has 21 heavy (non-hydrogen) atoms. The largest absolute Gasteiger partial charge is 0.391 e. The van der Waals surface area contributed by atoms with E-state index >= 15 is 0 Å². The lowest BCUT2D eigenvalue weighted by molar-refractivity contribution is 0.132. The molecule has 2 aromatic rings. The number of nitrogens with one attached hydrogen (secondary N) is 2. The van der Waals surface area contributed by atoms with Crippen molar-refractivity contribution in [2.24, 2.45) is 11.3 Å². The first-order valence-electron chi connectivity index (χ1n) is 6.95. The number of nitrogen functional groups attached to an aromatic ring is 1. The lowest BCUT2D eigenvalue weighted by Crippen LogP contribution is -2.25. The number of aryl methyl sites for hydroxylation is 1. The van der Waals surface area contributed by atoms with E-state index in [4.69, 9.17) is 5.84 Å². The number of thiophene rings is 1. The zero-order valence-electron chi connectivity index (χ0n) is 12.9. The highest BCUT2D eigenvalue weighted by atomic mass is 32.1. The maximum Gasteiger partial charge on any atom is 0.240 e. The second-order valence-corrected chi connectivity index (χ2v) is 7.65. The summed E-state index contributed by atoms with van der Waals surface area (Å²) in [6, 6.07) is 2.04. The Kier molecular flexibility index (Phi) is 4.65. The molecule has 0 amide bonds. The number of anilines is 2. The molecular formula is C14H23N5OS. The Morgan fingerprint density at radius 3 is 2.71 bits per heavy atom. The zero-order valence-corrected chi connectivity index (χ0v) is 13.7. The Labute approximate surface area is 128 Å². The van der Waals surface area contributed by atoms with E-state index in [0.29, 0.717) is 18.3 Å². The van der Waals surface area contributed by atoms with Gasteiger partial charge >= 0.3 is 0 Å². The first-order valence-corrected chi connectivity index (χ1v) is 7.77. The van der Waals surface area contributed by atoms with Crippen molar-refractivity contribution in [1.82, 2.24) is 9.97 Å². The van der Waals surface area contributed by atoms with Gasteiger partial charge in [-0.1, -0.05) is 20.8 Å². The first kappa shape index (κ1) is 15.9. The summed E-state index contributed by atoms with van der Waals surface area (Å²) in [5.74, 6) is 6.48. The Bertz CT molecular complexity index is 620. The van der Waals surface area contributed by atoms with E-state index in [1.54, 1.807) is 11.3 Å². The number of rotatable bonds is 5. The number of nitrogens with two attached hydrogens (primary N) is 1. The van der Waals surface area contributed by atoms with Gasteiger partial charge in [0.05, 0.1) is 11.5 Å². The molecule has 0 aliphatic heterocycles. The normalized spacial score (nSPS) is 13.4. The van der Waals surface area contributed by atoms with Gasteiger partial charge in [0.1, 0.15) is 10.6 Å². The first-order chi connectivity index (χ1) is 9.78. The summed E-state index contributed by atoms with van der Waals surface area (Å²) >= 11 is 1.59. The quantitative estimate of drug-likeness (QED) is 0.500. The maximum absolute atomic E-state index is 10.1. The molecule has 0 saturated heterocycles. The SMILES string of the molecule is Cc1cc2c(NCC(O)CC(C)(C)C)nc(NN)nc2s1. The predicted octanol–water partition coefficient (Wildman–Crippen LogP) is 2.49. The zero-order chi connectivity index (χ0) is 15.6. The average molecular weight is 309 g/mol. The number of aliphatic hydroxyl groups is 1. The van der Waals surface area contributed by atoms with E-state index in [-0.39, 0.29) is 5.41 Å². The molecule has 0 saturated carbocycles. The van der Waals surface area contributed by atoms with Crippen LogP contribution in [0.25, 0.3) is 10.2 Å². The molecular weight excluding hydrogens is 286 g/mol. The molecule has 7 heteroatoms. The van der Waals surface area contributed by atoms with Gasteiger partial charge in [-0.05, 0) is 24.8 Å². The minimum atomic E-state index is -0.427. The fourth-order valence-electron chi connectivity index (χ4n) is 2.23. The van der Waals surface area contributed by atoms with Crippen molar-refractivity contribution in [1.29, 1.82) is 0 Å². The third-order valence-electron chi connectivity index (χ3n) is 3.00. The molecule has 0 aromatic carbocycles. The molecule has 2 rings (SSSR count). The van der Waals surface area contributed by atoms with Crippen LogP contribution in [0.3, 0.4) is 0 Å². The van der Waals surface area contributed by atoms with Crippen LogP contribution >= 0.6 is 11.3 Å². The summed E-state index contributed by atoms with van der Waals surface area (Å²) in [4.78, 5) is 10.7. The monoisotopic (exact) mass is 309 g/mol. The highest BCUT2D eigenvalue weighted by molar-refractivity contribution is 7.18. The van der Waals surface area contributed by atoms with Crippen LogP contribution in [-0.2, 0) is 0 Å². The standard InChI is InChI=1S/C14H23N5OS/c1-8-5-10-11(16-7-9(20)6-14(2,3)4)17-13(19-15)18-12(10)21-8/h5,9,20H,6-7,15H2,1-4H3,(H2,16,17,18,19). The van der Waals surface area contributed by atoms with E-state index < -0.39 is 6.10 Å². The van der Waals surface area contributed by atoms with Gasteiger partial charge in [0.2, 0.25) is 5.95 Å². The van der Waals surface area contributed by atoms with Crippen LogP contribution in [0.15, 0.2) is 6.07 Å². The minimum absolute atomic E-state index is 0.0883. The minimum Gasteiger partial charge on any atom is -0.391 e. The lowest BCUT2D eigenvalue weighted by atomic mass is 9.89. The molecule has 1 atom stereocenters. The van der Waals surface area contributed by atoms with Gasteiger partial charge < -0.3 is 10.4 Å².